The third kappa shape index (κ3) is 3.04. The molecule has 0 amide bonds. The van der Waals surface area contributed by atoms with Crippen molar-refractivity contribution >= 4 is 10.9 Å². The molecule has 0 unspecified atom stereocenters. The molecule has 26 heavy (non-hydrogen) atoms. The third-order valence-electron chi connectivity index (χ3n) is 4.18. The van der Waals surface area contributed by atoms with Gasteiger partial charge in [-0.15, -0.1) is 0 Å². The number of aromatic nitrogens is 4. The van der Waals surface area contributed by atoms with E-state index >= 15 is 0 Å². The molecule has 0 atom stereocenters. The summed E-state index contributed by atoms with van der Waals surface area (Å²) in [6.07, 6.45) is 6.48. The largest absolute Gasteiger partial charge is 0.481 e. The van der Waals surface area contributed by atoms with E-state index in [4.69, 9.17) is 4.74 Å². The molecule has 0 saturated heterocycles. The third-order valence-corrected chi connectivity index (χ3v) is 4.18. The molecular formula is C20H16N4O2. The highest BCUT2D eigenvalue weighted by Crippen LogP contribution is 2.23. The summed E-state index contributed by atoms with van der Waals surface area (Å²) in [5.74, 6) is 0.566. The van der Waals surface area contributed by atoms with Gasteiger partial charge in [0.15, 0.2) is 0 Å². The highest BCUT2D eigenvalue weighted by Gasteiger charge is 2.06. The second-order valence-corrected chi connectivity index (χ2v) is 5.86. The molecule has 4 aromatic rings. The Labute approximate surface area is 149 Å². The van der Waals surface area contributed by atoms with E-state index in [1.165, 1.54) is 0 Å². The Kier molecular flexibility index (Phi) is 4.15. The number of ether oxygens (including phenoxy) is 1. The lowest BCUT2D eigenvalue weighted by atomic mass is 10.0. The molecule has 0 aliphatic rings. The van der Waals surface area contributed by atoms with Gasteiger partial charge in [-0.3, -0.25) is 14.3 Å². The first kappa shape index (κ1) is 16.0. The van der Waals surface area contributed by atoms with E-state index in [9.17, 15) is 4.79 Å². The molecule has 6 nitrogen and oxygen atoms in total. The molecule has 4 rings (SSSR count). The van der Waals surface area contributed by atoms with Gasteiger partial charge >= 0.3 is 0 Å². The number of hydrogen-bond acceptors (Lipinski definition) is 5. The summed E-state index contributed by atoms with van der Waals surface area (Å²) in [7, 11) is 1.59. The number of methoxy groups -OCH3 is 1. The van der Waals surface area contributed by atoms with Crippen LogP contribution in [-0.2, 0) is 6.54 Å². The second kappa shape index (κ2) is 6.76. The van der Waals surface area contributed by atoms with E-state index in [2.05, 4.69) is 21.0 Å². The van der Waals surface area contributed by atoms with Crippen molar-refractivity contribution < 1.29 is 4.74 Å². The van der Waals surface area contributed by atoms with Crippen LogP contribution in [0.5, 0.6) is 5.88 Å². The zero-order valence-corrected chi connectivity index (χ0v) is 14.2. The normalized spacial score (nSPS) is 10.8. The first-order valence-electron chi connectivity index (χ1n) is 8.13. The van der Waals surface area contributed by atoms with Crippen molar-refractivity contribution in [1.82, 2.24) is 19.5 Å². The minimum Gasteiger partial charge on any atom is -0.481 e. The lowest BCUT2D eigenvalue weighted by Crippen LogP contribution is -2.21. The van der Waals surface area contributed by atoms with Crippen molar-refractivity contribution in [1.29, 1.82) is 0 Å². The highest BCUT2D eigenvalue weighted by atomic mass is 16.5. The van der Waals surface area contributed by atoms with Crippen LogP contribution in [0, 0.1) is 0 Å². The van der Waals surface area contributed by atoms with Crippen molar-refractivity contribution in [3.8, 4) is 17.0 Å². The minimum atomic E-state index is -0.0756. The summed E-state index contributed by atoms with van der Waals surface area (Å²) in [5.41, 5.74) is 3.58. The van der Waals surface area contributed by atoms with Crippen LogP contribution in [0.2, 0.25) is 0 Å². The summed E-state index contributed by atoms with van der Waals surface area (Å²) in [5, 5.41) is 0.567. The molecule has 0 aliphatic heterocycles. The van der Waals surface area contributed by atoms with Crippen LogP contribution in [0.15, 0.2) is 72.2 Å². The standard InChI is InChI=1S/C20H16N4O2/c1-26-19-10-16(5-8-22-19)15-4-2-3-14(9-15)12-24-13-23-18-11-21-7-6-17(18)20(24)25/h2-11,13H,12H2,1H3. The average Bonchev–Trinajstić information content (AvgIpc) is 2.70. The van der Waals surface area contributed by atoms with Gasteiger partial charge in [0.1, 0.15) is 0 Å². The van der Waals surface area contributed by atoms with Crippen LogP contribution in [0.25, 0.3) is 22.0 Å². The van der Waals surface area contributed by atoms with Crippen molar-refractivity contribution in [3.05, 3.63) is 83.3 Å². The minimum absolute atomic E-state index is 0.0756. The molecule has 0 aliphatic carbocycles. The predicted octanol–water partition coefficient (Wildman–Crippen LogP) is 2.91. The topological polar surface area (TPSA) is 69.9 Å². The Morgan fingerprint density at radius 2 is 1.92 bits per heavy atom. The molecule has 0 bridgehead atoms. The van der Waals surface area contributed by atoms with E-state index in [0.29, 0.717) is 23.3 Å². The van der Waals surface area contributed by atoms with Gasteiger partial charge in [0.05, 0.1) is 37.1 Å². The maximum atomic E-state index is 12.6. The average molecular weight is 344 g/mol. The molecule has 0 saturated carbocycles. The van der Waals surface area contributed by atoms with Crippen molar-refractivity contribution in [2.45, 2.75) is 6.54 Å². The van der Waals surface area contributed by atoms with Crippen LogP contribution < -0.4 is 10.3 Å². The predicted molar refractivity (Wildman–Crippen MR) is 99.1 cm³/mol. The molecular weight excluding hydrogens is 328 g/mol. The Morgan fingerprint density at radius 3 is 2.81 bits per heavy atom. The fourth-order valence-corrected chi connectivity index (χ4v) is 2.87. The van der Waals surface area contributed by atoms with E-state index in [0.717, 1.165) is 16.7 Å². The van der Waals surface area contributed by atoms with Crippen LogP contribution in [-0.4, -0.2) is 26.6 Å². The Hall–Kier alpha value is -3.54. The van der Waals surface area contributed by atoms with E-state index in [-0.39, 0.29) is 5.56 Å². The molecule has 0 N–H and O–H groups in total. The summed E-state index contributed by atoms with van der Waals surface area (Å²) in [6.45, 7) is 0.445. The Balaban J connectivity index is 1.69. The molecule has 3 aromatic heterocycles. The first-order valence-corrected chi connectivity index (χ1v) is 8.13. The molecule has 1 aromatic carbocycles. The van der Waals surface area contributed by atoms with E-state index < -0.39 is 0 Å². The van der Waals surface area contributed by atoms with Gasteiger partial charge in [-0.05, 0) is 34.9 Å². The fraction of sp³-hybridized carbons (Fsp3) is 0.100. The van der Waals surface area contributed by atoms with Crippen LogP contribution in [0.3, 0.4) is 0 Å². The van der Waals surface area contributed by atoms with Crippen LogP contribution >= 0.6 is 0 Å². The number of hydrogen-bond donors (Lipinski definition) is 0. The molecule has 6 heteroatoms. The van der Waals surface area contributed by atoms with Crippen molar-refractivity contribution in [2.24, 2.45) is 0 Å². The lowest BCUT2D eigenvalue weighted by molar-refractivity contribution is 0.398. The monoisotopic (exact) mass is 344 g/mol. The van der Waals surface area contributed by atoms with Crippen LogP contribution in [0.4, 0.5) is 0 Å². The summed E-state index contributed by atoms with van der Waals surface area (Å²) >= 11 is 0. The SMILES string of the molecule is COc1cc(-c2cccc(Cn3cnc4cnccc4c3=O)c2)ccn1. The van der Waals surface area contributed by atoms with Gasteiger partial charge in [0.25, 0.3) is 5.56 Å². The highest BCUT2D eigenvalue weighted by molar-refractivity contribution is 5.75. The smallest absolute Gasteiger partial charge is 0.261 e. The Morgan fingerprint density at radius 1 is 1.04 bits per heavy atom. The zero-order chi connectivity index (χ0) is 17.9. The number of nitrogens with zero attached hydrogens (tertiary/aromatic N) is 4. The van der Waals surface area contributed by atoms with Gasteiger partial charge in [-0.1, -0.05) is 18.2 Å². The lowest BCUT2D eigenvalue weighted by Gasteiger charge is -2.09. The number of fused-ring (bicyclic) bond motifs is 1. The molecule has 0 fully saturated rings. The fourth-order valence-electron chi connectivity index (χ4n) is 2.87. The first-order chi connectivity index (χ1) is 12.7. The van der Waals surface area contributed by atoms with Gasteiger partial charge in [-0.25, -0.2) is 9.97 Å². The summed E-state index contributed by atoms with van der Waals surface area (Å²) in [6, 6.07) is 13.5. The van der Waals surface area contributed by atoms with E-state index in [1.54, 1.807) is 42.7 Å². The summed E-state index contributed by atoms with van der Waals surface area (Å²) in [4.78, 5) is 25.1. The number of rotatable bonds is 4. The quantitative estimate of drug-likeness (QED) is 0.569. The van der Waals surface area contributed by atoms with Gasteiger partial charge in [0, 0.05) is 18.5 Å². The van der Waals surface area contributed by atoms with Gasteiger partial charge in [0.2, 0.25) is 5.88 Å². The molecule has 0 radical (unpaired) electrons. The second-order valence-electron chi connectivity index (χ2n) is 5.86. The summed E-state index contributed by atoms with van der Waals surface area (Å²) < 4.78 is 6.79. The van der Waals surface area contributed by atoms with Crippen molar-refractivity contribution in [2.75, 3.05) is 7.11 Å². The number of pyridine rings is 2. The van der Waals surface area contributed by atoms with Crippen LogP contribution in [0.1, 0.15) is 5.56 Å². The molecule has 128 valence electrons. The van der Waals surface area contributed by atoms with Crippen molar-refractivity contribution in [3.63, 3.8) is 0 Å². The molecule has 0 spiro atoms. The maximum absolute atomic E-state index is 12.6. The van der Waals surface area contributed by atoms with Gasteiger partial charge in [-0.2, -0.15) is 0 Å². The van der Waals surface area contributed by atoms with E-state index in [1.807, 2.05) is 30.3 Å². The molecule has 3 heterocycles. The Bertz CT molecular complexity index is 1140. The zero-order valence-electron chi connectivity index (χ0n) is 14.2. The number of benzene rings is 1. The maximum Gasteiger partial charge on any atom is 0.261 e. The van der Waals surface area contributed by atoms with Gasteiger partial charge < -0.3 is 4.74 Å².